The van der Waals surface area contributed by atoms with Gasteiger partial charge in [0.1, 0.15) is 5.01 Å². The molecule has 0 saturated heterocycles. The second-order valence-corrected chi connectivity index (χ2v) is 7.16. The molecule has 1 aromatic carbocycles. The average Bonchev–Trinajstić information content (AvgIpc) is 3.05. The second-order valence-electron chi connectivity index (χ2n) is 6.05. The van der Waals surface area contributed by atoms with Crippen molar-refractivity contribution in [3.63, 3.8) is 0 Å². The Hall–Kier alpha value is -2.04. The third-order valence-electron chi connectivity index (χ3n) is 4.15. The molecule has 0 fully saturated rings. The predicted octanol–water partition coefficient (Wildman–Crippen LogP) is 5.06. The number of aromatic nitrogens is 2. The van der Waals surface area contributed by atoms with E-state index < -0.39 is 0 Å². The van der Waals surface area contributed by atoms with Gasteiger partial charge in [-0.05, 0) is 43.5 Å². The molecule has 0 spiro atoms. The average molecular weight is 337 g/mol. The van der Waals surface area contributed by atoms with Gasteiger partial charge in [-0.25, -0.2) is 4.98 Å². The molecule has 0 radical (unpaired) electrons. The molecule has 3 nitrogen and oxygen atoms in total. The largest absolute Gasteiger partial charge is 0.304 e. The Morgan fingerprint density at radius 3 is 2.71 bits per heavy atom. The number of thiazole rings is 1. The van der Waals surface area contributed by atoms with E-state index in [0.717, 1.165) is 23.7 Å². The van der Waals surface area contributed by atoms with Crippen molar-refractivity contribution in [1.29, 1.82) is 0 Å². The summed E-state index contributed by atoms with van der Waals surface area (Å²) < 4.78 is 0. The van der Waals surface area contributed by atoms with Crippen molar-refractivity contribution in [2.75, 3.05) is 0 Å². The molecule has 24 heavy (non-hydrogen) atoms. The number of benzene rings is 1. The lowest BCUT2D eigenvalue weighted by molar-refractivity contribution is 0.509. The Balaban J connectivity index is 1.70. The van der Waals surface area contributed by atoms with Gasteiger partial charge in [-0.1, -0.05) is 31.2 Å². The van der Waals surface area contributed by atoms with Crippen LogP contribution in [0.3, 0.4) is 0 Å². The Kier molecular flexibility index (Phi) is 5.38. The summed E-state index contributed by atoms with van der Waals surface area (Å²) in [5.74, 6) is 0. The second kappa shape index (κ2) is 7.69. The van der Waals surface area contributed by atoms with E-state index in [4.69, 9.17) is 0 Å². The van der Waals surface area contributed by atoms with Crippen molar-refractivity contribution in [2.24, 2.45) is 0 Å². The first-order valence-electron chi connectivity index (χ1n) is 8.34. The SMILES string of the molecule is CCC(NCc1cnc(-c2ccccc2C)s1)c1cc(C)ccn1. The molecule has 1 unspecified atom stereocenters. The molecular weight excluding hydrogens is 314 g/mol. The van der Waals surface area contributed by atoms with E-state index in [-0.39, 0.29) is 6.04 Å². The van der Waals surface area contributed by atoms with E-state index in [9.17, 15) is 0 Å². The van der Waals surface area contributed by atoms with Crippen LogP contribution in [0.2, 0.25) is 0 Å². The van der Waals surface area contributed by atoms with E-state index >= 15 is 0 Å². The number of nitrogens with one attached hydrogen (secondary N) is 1. The molecule has 3 rings (SSSR count). The number of aryl methyl sites for hydroxylation is 2. The molecule has 124 valence electrons. The quantitative estimate of drug-likeness (QED) is 0.683. The van der Waals surface area contributed by atoms with Crippen LogP contribution in [0.4, 0.5) is 0 Å². The van der Waals surface area contributed by atoms with Crippen LogP contribution >= 0.6 is 11.3 Å². The van der Waals surface area contributed by atoms with Gasteiger partial charge in [0, 0.05) is 35.4 Å². The molecule has 0 saturated carbocycles. The van der Waals surface area contributed by atoms with E-state index in [1.165, 1.54) is 21.6 Å². The minimum absolute atomic E-state index is 0.272. The van der Waals surface area contributed by atoms with Crippen LogP contribution < -0.4 is 5.32 Å². The highest BCUT2D eigenvalue weighted by Gasteiger charge is 2.12. The Morgan fingerprint density at radius 1 is 1.12 bits per heavy atom. The molecule has 2 aromatic heterocycles. The van der Waals surface area contributed by atoms with Gasteiger partial charge in [0.2, 0.25) is 0 Å². The van der Waals surface area contributed by atoms with Crippen molar-refractivity contribution in [2.45, 2.75) is 39.8 Å². The van der Waals surface area contributed by atoms with Crippen molar-refractivity contribution in [3.05, 3.63) is 70.5 Å². The van der Waals surface area contributed by atoms with Gasteiger partial charge in [-0.15, -0.1) is 11.3 Å². The number of pyridine rings is 1. The first kappa shape index (κ1) is 16.8. The Bertz CT molecular complexity index is 810. The van der Waals surface area contributed by atoms with Crippen LogP contribution in [0, 0.1) is 13.8 Å². The van der Waals surface area contributed by atoms with Gasteiger partial charge < -0.3 is 5.32 Å². The molecule has 0 aliphatic carbocycles. The number of rotatable bonds is 6. The van der Waals surface area contributed by atoms with Gasteiger partial charge >= 0.3 is 0 Å². The first-order chi connectivity index (χ1) is 11.7. The summed E-state index contributed by atoms with van der Waals surface area (Å²) in [6.07, 6.45) is 4.88. The van der Waals surface area contributed by atoms with Crippen LogP contribution in [0.25, 0.3) is 10.6 Å². The molecule has 3 aromatic rings. The molecule has 0 bridgehead atoms. The molecular formula is C20H23N3S. The summed E-state index contributed by atoms with van der Waals surface area (Å²) >= 11 is 1.76. The first-order valence-corrected chi connectivity index (χ1v) is 9.15. The minimum Gasteiger partial charge on any atom is -0.304 e. The zero-order chi connectivity index (χ0) is 16.9. The fourth-order valence-corrected chi connectivity index (χ4v) is 3.71. The lowest BCUT2D eigenvalue weighted by Crippen LogP contribution is -2.20. The van der Waals surface area contributed by atoms with Crippen molar-refractivity contribution >= 4 is 11.3 Å². The lowest BCUT2D eigenvalue weighted by atomic mass is 10.1. The molecule has 2 heterocycles. The maximum atomic E-state index is 4.60. The third kappa shape index (κ3) is 3.89. The fraction of sp³-hybridized carbons (Fsp3) is 0.300. The van der Waals surface area contributed by atoms with Gasteiger partial charge in [-0.3, -0.25) is 4.98 Å². The smallest absolute Gasteiger partial charge is 0.123 e. The molecule has 0 amide bonds. The summed E-state index contributed by atoms with van der Waals surface area (Å²) in [7, 11) is 0. The maximum Gasteiger partial charge on any atom is 0.123 e. The molecule has 1 atom stereocenters. The van der Waals surface area contributed by atoms with Gasteiger partial charge in [0.25, 0.3) is 0 Å². The summed E-state index contributed by atoms with van der Waals surface area (Å²) in [5.41, 5.74) is 4.85. The highest BCUT2D eigenvalue weighted by atomic mass is 32.1. The van der Waals surface area contributed by atoms with Crippen LogP contribution in [-0.4, -0.2) is 9.97 Å². The fourth-order valence-electron chi connectivity index (χ4n) is 2.76. The normalized spacial score (nSPS) is 12.3. The van der Waals surface area contributed by atoms with Crippen LogP contribution in [0.15, 0.2) is 48.8 Å². The summed E-state index contributed by atoms with van der Waals surface area (Å²) in [5, 5.41) is 4.71. The molecule has 1 N–H and O–H groups in total. The van der Waals surface area contributed by atoms with Crippen LogP contribution in [0.5, 0.6) is 0 Å². The number of hydrogen-bond donors (Lipinski definition) is 1. The van der Waals surface area contributed by atoms with Crippen molar-refractivity contribution in [3.8, 4) is 10.6 Å². The lowest BCUT2D eigenvalue weighted by Gasteiger charge is -2.16. The third-order valence-corrected chi connectivity index (χ3v) is 5.18. The van der Waals surface area contributed by atoms with Crippen molar-refractivity contribution < 1.29 is 0 Å². The molecule has 0 aliphatic heterocycles. The summed E-state index contributed by atoms with van der Waals surface area (Å²) in [6, 6.07) is 12.9. The van der Waals surface area contributed by atoms with E-state index in [1.54, 1.807) is 11.3 Å². The van der Waals surface area contributed by atoms with E-state index in [2.05, 4.69) is 66.4 Å². The standard InChI is InChI=1S/C20H23N3S/c1-4-18(19-11-14(2)9-10-21-19)22-12-16-13-23-20(24-16)17-8-6-5-7-15(17)3/h5-11,13,18,22H,4,12H2,1-3H3. The zero-order valence-electron chi connectivity index (χ0n) is 14.4. The Morgan fingerprint density at radius 2 is 1.96 bits per heavy atom. The molecule has 0 aliphatic rings. The Labute approximate surface area is 147 Å². The zero-order valence-corrected chi connectivity index (χ0v) is 15.2. The van der Waals surface area contributed by atoms with Gasteiger partial charge in [0.15, 0.2) is 0 Å². The summed E-state index contributed by atoms with van der Waals surface area (Å²) in [6.45, 7) is 7.24. The van der Waals surface area contributed by atoms with E-state index in [0.29, 0.717) is 0 Å². The van der Waals surface area contributed by atoms with Crippen molar-refractivity contribution in [1.82, 2.24) is 15.3 Å². The number of nitrogens with zero attached hydrogens (tertiary/aromatic N) is 2. The summed E-state index contributed by atoms with van der Waals surface area (Å²) in [4.78, 5) is 10.4. The topological polar surface area (TPSA) is 37.8 Å². The monoisotopic (exact) mass is 337 g/mol. The van der Waals surface area contributed by atoms with Gasteiger partial charge in [0.05, 0.1) is 5.69 Å². The minimum atomic E-state index is 0.272. The highest BCUT2D eigenvalue weighted by Crippen LogP contribution is 2.28. The predicted molar refractivity (Wildman–Crippen MR) is 101 cm³/mol. The maximum absolute atomic E-state index is 4.60. The highest BCUT2D eigenvalue weighted by molar-refractivity contribution is 7.15. The van der Waals surface area contributed by atoms with Crippen LogP contribution in [0.1, 0.15) is 41.1 Å². The number of hydrogen-bond acceptors (Lipinski definition) is 4. The van der Waals surface area contributed by atoms with Gasteiger partial charge in [-0.2, -0.15) is 0 Å². The van der Waals surface area contributed by atoms with E-state index in [1.807, 2.05) is 18.5 Å². The van der Waals surface area contributed by atoms with Crippen LogP contribution in [-0.2, 0) is 6.54 Å². The molecule has 4 heteroatoms.